The van der Waals surface area contributed by atoms with Crippen molar-refractivity contribution >= 4 is 0 Å². The summed E-state index contributed by atoms with van der Waals surface area (Å²) >= 11 is 0. The summed E-state index contributed by atoms with van der Waals surface area (Å²) in [6.07, 6.45) is 6.57. The largest absolute Gasteiger partial charge is 0.197 e. The van der Waals surface area contributed by atoms with Crippen LogP contribution in [0.1, 0.15) is 52.4 Å². The van der Waals surface area contributed by atoms with Crippen LogP contribution >= 0.6 is 0 Å². The zero-order valence-electron chi connectivity index (χ0n) is 8.64. The normalized spacial score (nSPS) is 10.5. The second-order valence-corrected chi connectivity index (χ2v) is 3.72. The zero-order chi connectivity index (χ0) is 10.2. The number of nitrogens with zero attached hydrogens (tertiary/aromatic N) is 2. The lowest BCUT2D eigenvalue weighted by Crippen LogP contribution is -2.09. The molecule has 13 heavy (non-hydrogen) atoms. The van der Waals surface area contributed by atoms with Crippen molar-refractivity contribution in [1.29, 1.82) is 10.5 Å². The van der Waals surface area contributed by atoms with Crippen LogP contribution in [0.3, 0.4) is 0 Å². The molecule has 2 nitrogen and oxygen atoms in total. The highest BCUT2D eigenvalue weighted by Crippen LogP contribution is 2.22. The minimum Gasteiger partial charge on any atom is -0.197 e. The van der Waals surface area contributed by atoms with Gasteiger partial charge in [-0.1, -0.05) is 39.0 Å². The van der Waals surface area contributed by atoms with E-state index in [0.717, 1.165) is 12.8 Å². The molecule has 0 bridgehead atoms. The summed E-state index contributed by atoms with van der Waals surface area (Å²) in [7, 11) is 0. The van der Waals surface area contributed by atoms with E-state index in [2.05, 4.69) is 19.1 Å². The lowest BCUT2D eigenvalue weighted by atomic mass is 9.88. The predicted molar refractivity (Wildman–Crippen MR) is 52.7 cm³/mol. The molecule has 0 fully saturated rings. The van der Waals surface area contributed by atoms with Crippen LogP contribution in [0, 0.1) is 28.1 Å². The Morgan fingerprint density at radius 2 is 1.54 bits per heavy atom. The third-order valence-electron chi connectivity index (χ3n) is 2.27. The van der Waals surface area contributed by atoms with E-state index in [9.17, 15) is 0 Å². The molecule has 0 aliphatic rings. The Morgan fingerprint density at radius 3 is 2.00 bits per heavy atom. The molecule has 0 saturated heterocycles. The van der Waals surface area contributed by atoms with E-state index in [-0.39, 0.29) is 0 Å². The zero-order valence-corrected chi connectivity index (χ0v) is 8.64. The van der Waals surface area contributed by atoms with E-state index in [1.54, 1.807) is 6.92 Å². The molecule has 0 aromatic heterocycles. The second kappa shape index (κ2) is 6.49. The molecule has 0 unspecified atom stereocenters. The van der Waals surface area contributed by atoms with E-state index < -0.39 is 5.41 Å². The predicted octanol–water partition coefficient (Wildman–Crippen LogP) is 3.40. The van der Waals surface area contributed by atoms with Gasteiger partial charge in [0.25, 0.3) is 0 Å². The van der Waals surface area contributed by atoms with Crippen LogP contribution in [0.5, 0.6) is 0 Å². The Hall–Kier alpha value is -1.02. The van der Waals surface area contributed by atoms with Crippen molar-refractivity contribution in [3.63, 3.8) is 0 Å². The summed E-state index contributed by atoms with van der Waals surface area (Å²) in [5.74, 6) is 0. The van der Waals surface area contributed by atoms with Crippen LogP contribution < -0.4 is 0 Å². The van der Waals surface area contributed by atoms with Crippen molar-refractivity contribution in [2.75, 3.05) is 0 Å². The van der Waals surface area contributed by atoms with Gasteiger partial charge in [-0.2, -0.15) is 10.5 Å². The van der Waals surface area contributed by atoms with Gasteiger partial charge in [0.1, 0.15) is 5.41 Å². The third kappa shape index (κ3) is 5.26. The van der Waals surface area contributed by atoms with Crippen LogP contribution in [-0.4, -0.2) is 0 Å². The first-order valence-corrected chi connectivity index (χ1v) is 5.01. The molecule has 0 spiro atoms. The molecule has 0 N–H and O–H groups in total. The lowest BCUT2D eigenvalue weighted by molar-refractivity contribution is 0.479. The number of rotatable bonds is 6. The molecule has 0 aromatic carbocycles. The number of hydrogen-bond donors (Lipinski definition) is 0. The van der Waals surface area contributed by atoms with Gasteiger partial charge in [0.15, 0.2) is 0 Å². The van der Waals surface area contributed by atoms with E-state index in [0.29, 0.717) is 6.42 Å². The van der Waals surface area contributed by atoms with Gasteiger partial charge >= 0.3 is 0 Å². The Balaban J connectivity index is 3.54. The summed E-state index contributed by atoms with van der Waals surface area (Å²) in [6.45, 7) is 3.89. The van der Waals surface area contributed by atoms with Crippen molar-refractivity contribution in [1.82, 2.24) is 0 Å². The average molecular weight is 178 g/mol. The van der Waals surface area contributed by atoms with Crippen molar-refractivity contribution in [3.8, 4) is 12.1 Å². The SMILES string of the molecule is CCCCCCCC(C)(C#N)C#N. The molecular formula is C11H18N2. The molecule has 0 radical (unpaired) electrons. The minimum atomic E-state index is -0.758. The quantitative estimate of drug-likeness (QED) is 0.585. The van der Waals surface area contributed by atoms with E-state index in [4.69, 9.17) is 10.5 Å². The third-order valence-corrected chi connectivity index (χ3v) is 2.27. The highest BCUT2D eigenvalue weighted by Gasteiger charge is 2.21. The fourth-order valence-corrected chi connectivity index (χ4v) is 1.22. The maximum absolute atomic E-state index is 8.72. The molecule has 0 atom stereocenters. The smallest absolute Gasteiger partial charge is 0.141 e. The van der Waals surface area contributed by atoms with Gasteiger partial charge in [-0.3, -0.25) is 0 Å². The number of nitriles is 2. The first kappa shape index (κ1) is 12.0. The molecule has 0 saturated carbocycles. The first-order chi connectivity index (χ1) is 6.18. The lowest BCUT2D eigenvalue weighted by Gasteiger charge is -2.10. The van der Waals surface area contributed by atoms with Gasteiger partial charge < -0.3 is 0 Å². The van der Waals surface area contributed by atoms with Crippen LogP contribution in [0.15, 0.2) is 0 Å². The van der Waals surface area contributed by atoms with Gasteiger partial charge in [-0.05, 0) is 13.3 Å². The van der Waals surface area contributed by atoms with Crippen molar-refractivity contribution in [3.05, 3.63) is 0 Å². The van der Waals surface area contributed by atoms with Gasteiger partial charge in [0.05, 0.1) is 12.1 Å². The van der Waals surface area contributed by atoms with Crippen LogP contribution in [-0.2, 0) is 0 Å². The van der Waals surface area contributed by atoms with E-state index in [1.165, 1.54) is 19.3 Å². The number of unbranched alkanes of at least 4 members (excludes halogenated alkanes) is 4. The summed E-state index contributed by atoms with van der Waals surface area (Å²) in [5.41, 5.74) is -0.758. The molecule has 72 valence electrons. The van der Waals surface area contributed by atoms with Gasteiger partial charge in [-0.15, -0.1) is 0 Å². The van der Waals surface area contributed by atoms with E-state index in [1.807, 2.05) is 0 Å². The molecule has 0 amide bonds. The van der Waals surface area contributed by atoms with E-state index >= 15 is 0 Å². The van der Waals surface area contributed by atoms with Gasteiger partial charge in [0.2, 0.25) is 0 Å². The highest BCUT2D eigenvalue weighted by atomic mass is 14.4. The fourth-order valence-electron chi connectivity index (χ4n) is 1.22. The summed E-state index contributed by atoms with van der Waals surface area (Å²) in [4.78, 5) is 0. The average Bonchev–Trinajstić information content (AvgIpc) is 2.17. The van der Waals surface area contributed by atoms with Crippen LogP contribution in [0.4, 0.5) is 0 Å². The summed E-state index contributed by atoms with van der Waals surface area (Å²) in [6, 6.07) is 4.12. The van der Waals surface area contributed by atoms with Gasteiger partial charge in [0, 0.05) is 0 Å². The minimum absolute atomic E-state index is 0.712. The monoisotopic (exact) mass is 178 g/mol. The topological polar surface area (TPSA) is 47.6 Å². The van der Waals surface area contributed by atoms with Crippen molar-refractivity contribution in [2.24, 2.45) is 5.41 Å². The Kier molecular flexibility index (Phi) is 5.98. The molecule has 0 rings (SSSR count). The number of hydrogen-bond acceptors (Lipinski definition) is 2. The maximum atomic E-state index is 8.72. The fraction of sp³-hybridized carbons (Fsp3) is 0.818. The highest BCUT2D eigenvalue weighted by molar-refractivity contribution is 5.10. The van der Waals surface area contributed by atoms with Crippen molar-refractivity contribution in [2.45, 2.75) is 52.4 Å². The summed E-state index contributed by atoms with van der Waals surface area (Å²) in [5, 5.41) is 17.4. The van der Waals surface area contributed by atoms with Gasteiger partial charge in [-0.25, -0.2) is 0 Å². The first-order valence-electron chi connectivity index (χ1n) is 5.01. The van der Waals surface area contributed by atoms with Crippen molar-refractivity contribution < 1.29 is 0 Å². The van der Waals surface area contributed by atoms with Crippen LogP contribution in [0.2, 0.25) is 0 Å². The molecule has 0 aliphatic heterocycles. The molecule has 0 heterocycles. The Labute approximate surface area is 81.2 Å². The Bertz CT molecular complexity index is 193. The molecule has 0 aliphatic carbocycles. The molecular weight excluding hydrogens is 160 g/mol. The maximum Gasteiger partial charge on any atom is 0.141 e. The molecule has 0 aromatic rings. The summed E-state index contributed by atoms with van der Waals surface area (Å²) < 4.78 is 0. The molecule has 2 heteroatoms. The standard InChI is InChI=1S/C11H18N2/c1-3-4-5-6-7-8-11(2,9-12)10-13/h3-8H2,1-2H3. The Morgan fingerprint density at radius 1 is 1.00 bits per heavy atom. The van der Waals surface area contributed by atoms with Crippen LogP contribution in [0.25, 0.3) is 0 Å². The second-order valence-electron chi connectivity index (χ2n) is 3.72.